The Morgan fingerprint density at radius 1 is 1.00 bits per heavy atom. The monoisotopic (exact) mass is 365 g/mol. The minimum Gasteiger partial charge on any atom is -0.339 e. The average Bonchev–Trinajstić information content (AvgIpc) is 2.94. The van der Waals surface area contributed by atoms with Crippen molar-refractivity contribution < 1.29 is 4.39 Å². The van der Waals surface area contributed by atoms with Crippen LogP contribution in [0.25, 0.3) is 16.9 Å². The Labute approximate surface area is 156 Å². The molecular weight excluding hydrogens is 349 g/mol. The van der Waals surface area contributed by atoms with Crippen molar-refractivity contribution in [2.45, 2.75) is 13.8 Å². The number of nitrogens with zero attached hydrogens (tertiary/aromatic N) is 2. The summed E-state index contributed by atoms with van der Waals surface area (Å²) in [4.78, 5) is 4.65. The van der Waals surface area contributed by atoms with Crippen molar-refractivity contribution in [3.8, 4) is 11.3 Å². The fraction of sp³-hybridized carbons (Fsp3) is 0.0952. The molecule has 0 unspecified atom stereocenters. The first-order valence-corrected chi connectivity index (χ1v) is 8.68. The van der Waals surface area contributed by atoms with Crippen molar-refractivity contribution >= 4 is 28.8 Å². The number of benzene rings is 2. The van der Waals surface area contributed by atoms with Crippen LogP contribution >= 0.6 is 11.6 Å². The first kappa shape index (κ1) is 16.6. The number of fused-ring (bicyclic) bond motifs is 1. The highest BCUT2D eigenvalue weighted by atomic mass is 35.5. The largest absolute Gasteiger partial charge is 0.339 e. The number of hydrogen-bond donors (Lipinski definition) is 1. The summed E-state index contributed by atoms with van der Waals surface area (Å²) in [7, 11) is 0. The van der Waals surface area contributed by atoms with Crippen LogP contribution in [0.1, 0.15) is 11.1 Å². The number of hydrogen-bond acceptors (Lipinski definition) is 2. The Hall–Kier alpha value is -2.85. The number of anilines is 2. The molecule has 0 radical (unpaired) electrons. The van der Waals surface area contributed by atoms with Gasteiger partial charge in [0, 0.05) is 11.9 Å². The Balaban J connectivity index is 2.00. The second-order valence-electron chi connectivity index (χ2n) is 6.28. The van der Waals surface area contributed by atoms with Crippen LogP contribution in [0.2, 0.25) is 5.02 Å². The van der Waals surface area contributed by atoms with E-state index in [1.807, 2.05) is 60.8 Å². The first-order chi connectivity index (χ1) is 12.5. The van der Waals surface area contributed by atoms with E-state index < -0.39 is 5.82 Å². The molecule has 0 aliphatic carbocycles. The predicted octanol–water partition coefficient (Wildman–Crippen LogP) is 6.15. The average molecular weight is 366 g/mol. The lowest BCUT2D eigenvalue weighted by Gasteiger charge is -2.12. The lowest BCUT2D eigenvalue weighted by atomic mass is 10.1. The van der Waals surface area contributed by atoms with E-state index in [1.54, 1.807) is 12.1 Å². The van der Waals surface area contributed by atoms with Gasteiger partial charge in [-0.05, 0) is 49.2 Å². The predicted molar refractivity (Wildman–Crippen MR) is 105 cm³/mol. The van der Waals surface area contributed by atoms with Gasteiger partial charge >= 0.3 is 0 Å². The molecule has 3 nitrogen and oxygen atoms in total. The van der Waals surface area contributed by atoms with Gasteiger partial charge in [0.2, 0.25) is 0 Å². The lowest BCUT2D eigenvalue weighted by Crippen LogP contribution is -1.99. The van der Waals surface area contributed by atoms with E-state index in [0.29, 0.717) is 22.1 Å². The molecular formula is C21H17ClFN3. The summed E-state index contributed by atoms with van der Waals surface area (Å²) in [5.41, 5.74) is 4.61. The van der Waals surface area contributed by atoms with Crippen molar-refractivity contribution in [3.05, 3.63) is 82.8 Å². The van der Waals surface area contributed by atoms with Crippen molar-refractivity contribution in [1.82, 2.24) is 9.38 Å². The number of pyridine rings is 1. The summed E-state index contributed by atoms with van der Waals surface area (Å²) in [5, 5.41) is 3.75. The fourth-order valence-corrected chi connectivity index (χ4v) is 3.26. The van der Waals surface area contributed by atoms with E-state index in [2.05, 4.69) is 10.3 Å². The molecule has 0 fully saturated rings. The quantitative estimate of drug-likeness (QED) is 0.471. The normalized spacial score (nSPS) is 11.1. The smallest absolute Gasteiger partial charge is 0.143 e. The Bertz CT molecular complexity index is 1100. The first-order valence-electron chi connectivity index (χ1n) is 8.30. The van der Waals surface area contributed by atoms with E-state index in [9.17, 15) is 4.39 Å². The molecule has 2 aromatic heterocycles. The van der Waals surface area contributed by atoms with Gasteiger partial charge in [0.05, 0.1) is 10.6 Å². The van der Waals surface area contributed by atoms with Gasteiger partial charge in [0.25, 0.3) is 0 Å². The molecule has 26 heavy (non-hydrogen) atoms. The third-order valence-corrected chi connectivity index (χ3v) is 4.68. The molecule has 5 heteroatoms. The van der Waals surface area contributed by atoms with E-state index >= 15 is 0 Å². The van der Waals surface area contributed by atoms with Crippen LogP contribution in [0.15, 0.2) is 60.8 Å². The highest BCUT2D eigenvalue weighted by Crippen LogP contribution is 2.37. The number of aryl methyl sites for hydroxylation is 2. The van der Waals surface area contributed by atoms with Gasteiger partial charge in [-0.3, -0.25) is 4.40 Å². The molecule has 0 aliphatic rings. The maximum Gasteiger partial charge on any atom is 0.143 e. The third-order valence-electron chi connectivity index (χ3n) is 4.36. The fourth-order valence-electron chi connectivity index (χ4n) is 3.01. The van der Waals surface area contributed by atoms with Gasteiger partial charge in [0.15, 0.2) is 0 Å². The van der Waals surface area contributed by atoms with Gasteiger partial charge < -0.3 is 5.32 Å². The molecule has 4 rings (SSSR count). The van der Waals surface area contributed by atoms with Crippen LogP contribution in [0.5, 0.6) is 0 Å². The maximum atomic E-state index is 14.6. The molecule has 4 aromatic rings. The molecule has 2 aromatic carbocycles. The summed E-state index contributed by atoms with van der Waals surface area (Å²) < 4.78 is 16.5. The van der Waals surface area contributed by atoms with E-state index in [4.69, 9.17) is 11.6 Å². The lowest BCUT2D eigenvalue weighted by molar-refractivity contribution is 0.631. The second-order valence-corrected chi connectivity index (χ2v) is 6.69. The number of rotatable bonds is 3. The van der Waals surface area contributed by atoms with E-state index in [-0.39, 0.29) is 0 Å². The van der Waals surface area contributed by atoms with Crippen molar-refractivity contribution in [3.63, 3.8) is 0 Å². The molecule has 0 saturated carbocycles. The highest BCUT2D eigenvalue weighted by molar-refractivity contribution is 6.33. The van der Waals surface area contributed by atoms with Crippen LogP contribution in [0, 0.1) is 19.7 Å². The minimum absolute atomic E-state index is 0.298. The standard InChI is InChI=1S/C21H17ClFN3/c1-13-10-11-18-25-20(19-15(22)7-5-8-16(19)23)21(26(18)12-13)24-17-9-4-3-6-14(17)2/h3-12,24H,1-2H3. The second kappa shape index (κ2) is 6.46. The van der Waals surface area contributed by atoms with Crippen LogP contribution in [0.3, 0.4) is 0 Å². The Morgan fingerprint density at radius 2 is 1.81 bits per heavy atom. The van der Waals surface area contributed by atoms with Gasteiger partial charge in [-0.2, -0.15) is 0 Å². The highest BCUT2D eigenvalue weighted by Gasteiger charge is 2.20. The molecule has 0 bridgehead atoms. The number of aromatic nitrogens is 2. The van der Waals surface area contributed by atoms with Gasteiger partial charge in [-0.15, -0.1) is 0 Å². The van der Waals surface area contributed by atoms with Gasteiger partial charge in [-0.1, -0.05) is 41.9 Å². The zero-order chi connectivity index (χ0) is 18.3. The van der Waals surface area contributed by atoms with Crippen LogP contribution in [-0.4, -0.2) is 9.38 Å². The topological polar surface area (TPSA) is 29.3 Å². The number of imidazole rings is 1. The zero-order valence-electron chi connectivity index (χ0n) is 14.4. The SMILES string of the molecule is Cc1ccc2nc(-c3c(F)cccc3Cl)c(Nc3ccccc3C)n2c1. The number of para-hydroxylation sites is 1. The molecule has 0 aliphatic heterocycles. The minimum atomic E-state index is -0.398. The van der Waals surface area contributed by atoms with Crippen molar-refractivity contribution in [2.75, 3.05) is 5.32 Å². The molecule has 0 atom stereocenters. The summed E-state index contributed by atoms with van der Waals surface area (Å²) in [6, 6.07) is 16.5. The molecule has 130 valence electrons. The van der Waals surface area contributed by atoms with E-state index in [1.165, 1.54) is 6.07 Å². The van der Waals surface area contributed by atoms with Crippen molar-refractivity contribution in [1.29, 1.82) is 0 Å². The molecule has 0 spiro atoms. The van der Waals surface area contributed by atoms with Crippen molar-refractivity contribution in [2.24, 2.45) is 0 Å². The van der Waals surface area contributed by atoms with Crippen LogP contribution < -0.4 is 5.32 Å². The molecule has 2 heterocycles. The van der Waals surface area contributed by atoms with Gasteiger partial charge in [0.1, 0.15) is 23.0 Å². The van der Waals surface area contributed by atoms with Crippen LogP contribution in [-0.2, 0) is 0 Å². The summed E-state index contributed by atoms with van der Waals surface area (Å²) >= 11 is 6.31. The Morgan fingerprint density at radius 3 is 2.58 bits per heavy atom. The molecule has 0 saturated heterocycles. The molecule has 0 amide bonds. The molecule has 1 N–H and O–H groups in total. The summed E-state index contributed by atoms with van der Waals surface area (Å²) in [6.45, 7) is 4.03. The van der Waals surface area contributed by atoms with Crippen LogP contribution in [0.4, 0.5) is 15.9 Å². The summed E-state index contributed by atoms with van der Waals surface area (Å²) in [5.74, 6) is 0.287. The third kappa shape index (κ3) is 2.82. The number of nitrogens with one attached hydrogen (secondary N) is 1. The maximum absolute atomic E-state index is 14.6. The van der Waals surface area contributed by atoms with E-state index in [0.717, 1.165) is 22.5 Å². The van der Waals surface area contributed by atoms with Gasteiger partial charge in [-0.25, -0.2) is 9.37 Å². The summed E-state index contributed by atoms with van der Waals surface area (Å²) in [6.07, 6.45) is 1.97. The zero-order valence-corrected chi connectivity index (χ0v) is 15.2. The number of halogens is 2. The Kier molecular flexibility index (Phi) is 4.13.